The molecule has 0 N–H and O–H groups in total. The number of nitrogens with zero attached hydrogens (tertiary/aromatic N) is 1. The third kappa shape index (κ3) is 1.94. The van der Waals surface area contributed by atoms with Crippen molar-refractivity contribution >= 4 is 0 Å². The average molecular weight is 237 g/mol. The molecule has 1 saturated carbocycles. The summed E-state index contributed by atoms with van der Waals surface area (Å²) in [4.78, 5) is 2.82. The van der Waals surface area contributed by atoms with Crippen LogP contribution in [0.5, 0.6) is 0 Å². The summed E-state index contributed by atoms with van der Waals surface area (Å²) >= 11 is 0. The summed E-state index contributed by atoms with van der Waals surface area (Å²) in [6.07, 6.45) is 8.86. The van der Waals surface area contributed by atoms with Gasteiger partial charge in [0, 0.05) is 18.0 Å². The van der Waals surface area contributed by atoms with E-state index in [4.69, 9.17) is 4.74 Å². The van der Waals surface area contributed by atoms with Crippen LogP contribution in [0.4, 0.5) is 0 Å². The highest BCUT2D eigenvalue weighted by Gasteiger charge is 2.49. The van der Waals surface area contributed by atoms with Gasteiger partial charge in [-0.1, -0.05) is 26.7 Å². The molecule has 0 aromatic heterocycles. The van der Waals surface area contributed by atoms with Crippen LogP contribution in [0.25, 0.3) is 0 Å². The molecular formula is C15H27NO. The smallest absolute Gasteiger partial charge is 0.0618 e. The minimum absolute atomic E-state index is 0.592. The van der Waals surface area contributed by atoms with E-state index in [1.54, 1.807) is 0 Å². The summed E-state index contributed by atoms with van der Waals surface area (Å²) in [7, 11) is 0. The molecule has 2 heterocycles. The topological polar surface area (TPSA) is 12.5 Å². The van der Waals surface area contributed by atoms with Crippen LogP contribution in [0.1, 0.15) is 52.4 Å². The lowest BCUT2D eigenvalue weighted by atomic mass is 9.75. The van der Waals surface area contributed by atoms with E-state index < -0.39 is 0 Å². The van der Waals surface area contributed by atoms with Crippen molar-refractivity contribution in [1.82, 2.24) is 4.90 Å². The summed E-state index contributed by atoms with van der Waals surface area (Å²) in [6.45, 7) is 6.98. The molecule has 0 amide bonds. The molecule has 2 saturated heterocycles. The van der Waals surface area contributed by atoms with Gasteiger partial charge in [-0.3, -0.25) is 4.90 Å². The molecule has 3 rings (SSSR count). The summed E-state index contributed by atoms with van der Waals surface area (Å²) in [5, 5.41) is 0. The quantitative estimate of drug-likeness (QED) is 0.732. The number of fused-ring (bicyclic) bond motifs is 3. The maximum atomic E-state index is 6.15. The highest BCUT2D eigenvalue weighted by Crippen LogP contribution is 2.45. The Balaban J connectivity index is 1.80. The number of hydrogen-bond donors (Lipinski definition) is 0. The lowest BCUT2D eigenvalue weighted by Crippen LogP contribution is -2.52. The minimum Gasteiger partial charge on any atom is -0.378 e. The second-order valence-electron chi connectivity index (χ2n) is 6.20. The molecule has 0 spiro atoms. The van der Waals surface area contributed by atoms with Crippen LogP contribution in [-0.2, 0) is 4.74 Å². The Morgan fingerprint density at radius 3 is 2.76 bits per heavy atom. The van der Waals surface area contributed by atoms with Gasteiger partial charge in [0.15, 0.2) is 0 Å². The first-order valence-corrected chi connectivity index (χ1v) is 7.72. The van der Waals surface area contributed by atoms with Crippen LogP contribution >= 0.6 is 0 Å². The second kappa shape index (κ2) is 4.89. The van der Waals surface area contributed by atoms with Crippen LogP contribution in [0.15, 0.2) is 0 Å². The van der Waals surface area contributed by atoms with Gasteiger partial charge in [0.2, 0.25) is 0 Å². The molecule has 5 unspecified atom stereocenters. The molecule has 0 aromatic rings. The molecule has 17 heavy (non-hydrogen) atoms. The highest BCUT2D eigenvalue weighted by atomic mass is 16.5. The van der Waals surface area contributed by atoms with E-state index in [2.05, 4.69) is 18.7 Å². The van der Waals surface area contributed by atoms with Crippen molar-refractivity contribution in [2.24, 2.45) is 11.8 Å². The van der Waals surface area contributed by atoms with E-state index in [9.17, 15) is 0 Å². The van der Waals surface area contributed by atoms with E-state index in [1.807, 2.05) is 0 Å². The summed E-state index contributed by atoms with van der Waals surface area (Å²) < 4.78 is 6.15. The summed E-state index contributed by atoms with van der Waals surface area (Å²) in [5.74, 6) is 1.68. The van der Waals surface area contributed by atoms with E-state index in [0.29, 0.717) is 6.10 Å². The van der Waals surface area contributed by atoms with Gasteiger partial charge in [-0.05, 0) is 38.1 Å². The van der Waals surface area contributed by atoms with Crippen molar-refractivity contribution in [3.05, 3.63) is 0 Å². The zero-order valence-corrected chi connectivity index (χ0v) is 11.4. The fraction of sp³-hybridized carbons (Fsp3) is 1.00. The fourth-order valence-electron chi connectivity index (χ4n) is 4.74. The molecule has 98 valence electrons. The van der Waals surface area contributed by atoms with Crippen molar-refractivity contribution in [3.8, 4) is 0 Å². The Bertz CT molecular complexity index is 268. The van der Waals surface area contributed by atoms with Gasteiger partial charge in [0.25, 0.3) is 0 Å². The Morgan fingerprint density at radius 2 is 2.00 bits per heavy atom. The Labute approximate surface area is 106 Å². The molecule has 0 aromatic carbocycles. The molecule has 3 aliphatic rings. The average Bonchev–Trinajstić information content (AvgIpc) is 2.76. The first-order valence-electron chi connectivity index (χ1n) is 7.72. The lowest BCUT2D eigenvalue weighted by molar-refractivity contribution is -0.102. The van der Waals surface area contributed by atoms with Gasteiger partial charge in [-0.2, -0.15) is 0 Å². The van der Waals surface area contributed by atoms with Gasteiger partial charge in [0.05, 0.1) is 12.7 Å². The number of rotatable bonds is 2. The molecule has 2 nitrogen and oxygen atoms in total. The SMILES string of the molecule is CCC1CC2COC3CCCCC3C2N1CC. The van der Waals surface area contributed by atoms with Gasteiger partial charge in [-0.25, -0.2) is 0 Å². The van der Waals surface area contributed by atoms with Crippen molar-refractivity contribution in [2.75, 3.05) is 13.2 Å². The van der Waals surface area contributed by atoms with Gasteiger partial charge < -0.3 is 4.74 Å². The van der Waals surface area contributed by atoms with Crippen molar-refractivity contribution in [1.29, 1.82) is 0 Å². The van der Waals surface area contributed by atoms with Crippen molar-refractivity contribution in [2.45, 2.75) is 70.6 Å². The van der Waals surface area contributed by atoms with Crippen LogP contribution in [0.3, 0.4) is 0 Å². The van der Waals surface area contributed by atoms with Gasteiger partial charge in [0.1, 0.15) is 0 Å². The first-order chi connectivity index (χ1) is 8.35. The minimum atomic E-state index is 0.592. The molecule has 0 bridgehead atoms. The lowest BCUT2D eigenvalue weighted by Gasteiger charge is -2.46. The number of likely N-dealkylation sites (tertiary alicyclic amines) is 1. The zero-order valence-electron chi connectivity index (χ0n) is 11.4. The van der Waals surface area contributed by atoms with Crippen LogP contribution in [0, 0.1) is 11.8 Å². The Hall–Kier alpha value is -0.0800. The maximum absolute atomic E-state index is 6.15. The van der Waals surface area contributed by atoms with E-state index in [1.165, 1.54) is 45.1 Å². The van der Waals surface area contributed by atoms with Crippen molar-refractivity contribution in [3.63, 3.8) is 0 Å². The van der Waals surface area contributed by atoms with E-state index >= 15 is 0 Å². The van der Waals surface area contributed by atoms with E-state index in [0.717, 1.165) is 30.5 Å². The predicted molar refractivity (Wildman–Crippen MR) is 70.1 cm³/mol. The molecule has 3 fully saturated rings. The standard InChI is InChI=1S/C15H27NO/c1-3-12-9-11-10-17-14-8-6-5-7-13(14)15(11)16(12)4-2/h11-15H,3-10H2,1-2H3. The molecule has 2 heteroatoms. The molecule has 0 radical (unpaired) electrons. The third-order valence-electron chi connectivity index (χ3n) is 5.46. The van der Waals surface area contributed by atoms with E-state index in [-0.39, 0.29) is 0 Å². The molecule has 1 aliphatic carbocycles. The largest absolute Gasteiger partial charge is 0.378 e. The monoisotopic (exact) mass is 237 g/mol. The zero-order chi connectivity index (χ0) is 11.8. The predicted octanol–water partition coefficient (Wildman–Crippen LogP) is 3.06. The van der Waals surface area contributed by atoms with Crippen LogP contribution in [-0.4, -0.2) is 36.2 Å². The number of hydrogen-bond acceptors (Lipinski definition) is 2. The first kappa shape index (κ1) is 12.0. The maximum Gasteiger partial charge on any atom is 0.0618 e. The molecule has 2 aliphatic heterocycles. The van der Waals surface area contributed by atoms with Crippen LogP contribution in [0.2, 0.25) is 0 Å². The van der Waals surface area contributed by atoms with Crippen LogP contribution < -0.4 is 0 Å². The summed E-state index contributed by atoms with van der Waals surface area (Å²) in [6, 6.07) is 1.68. The summed E-state index contributed by atoms with van der Waals surface area (Å²) in [5.41, 5.74) is 0. The van der Waals surface area contributed by atoms with Crippen molar-refractivity contribution < 1.29 is 4.74 Å². The Kier molecular flexibility index (Phi) is 3.45. The van der Waals surface area contributed by atoms with Gasteiger partial charge in [-0.15, -0.1) is 0 Å². The second-order valence-corrected chi connectivity index (χ2v) is 6.20. The molecule has 5 atom stereocenters. The third-order valence-corrected chi connectivity index (χ3v) is 5.46. The van der Waals surface area contributed by atoms with Gasteiger partial charge >= 0.3 is 0 Å². The Morgan fingerprint density at radius 1 is 1.18 bits per heavy atom. The highest BCUT2D eigenvalue weighted by molar-refractivity contribution is 5.01. The fourth-order valence-corrected chi connectivity index (χ4v) is 4.74. The molecular weight excluding hydrogens is 210 g/mol. The normalized spacial score (nSPS) is 46.6. The number of ether oxygens (including phenoxy) is 1.